The van der Waals surface area contributed by atoms with Crippen LogP contribution in [-0.2, 0) is 17.6 Å². The highest BCUT2D eigenvalue weighted by Crippen LogP contribution is 2.31. The van der Waals surface area contributed by atoms with Crippen molar-refractivity contribution in [3.8, 4) is 0 Å². The molecule has 0 saturated carbocycles. The van der Waals surface area contributed by atoms with E-state index in [-0.39, 0.29) is 11.6 Å². The summed E-state index contributed by atoms with van der Waals surface area (Å²) < 4.78 is 5.02. The summed E-state index contributed by atoms with van der Waals surface area (Å²) in [6, 6.07) is 0. The highest BCUT2D eigenvalue weighted by molar-refractivity contribution is 5.87. The SMILES string of the molecule is C=CO/C=C(\C)C1Cc2[nH]nc(C(=O)O)c2C1. The number of hydrogen-bond acceptors (Lipinski definition) is 3. The van der Waals surface area contributed by atoms with Crippen molar-refractivity contribution in [3.63, 3.8) is 0 Å². The van der Waals surface area contributed by atoms with E-state index >= 15 is 0 Å². The molecule has 0 fully saturated rings. The number of aromatic carboxylic acids is 1. The Kier molecular flexibility index (Phi) is 2.99. The molecular weight excluding hydrogens is 220 g/mol. The van der Waals surface area contributed by atoms with Crippen LogP contribution in [0.15, 0.2) is 24.7 Å². The maximum atomic E-state index is 10.9. The third-order valence-electron chi connectivity index (χ3n) is 3.05. The van der Waals surface area contributed by atoms with Gasteiger partial charge in [-0.2, -0.15) is 5.10 Å². The van der Waals surface area contributed by atoms with Crippen LogP contribution in [0.1, 0.15) is 28.7 Å². The first kappa shape index (κ1) is 11.4. The molecule has 5 nitrogen and oxygen atoms in total. The topological polar surface area (TPSA) is 75.2 Å². The second-order valence-electron chi connectivity index (χ2n) is 4.10. The monoisotopic (exact) mass is 234 g/mol. The third-order valence-corrected chi connectivity index (χ3v) is 3.05. The Morgan fingerprint density at radius 3 is 3.06 bits per heavy atom. The lowest BCUT2D eigenvalue weighted by atomic mass is 9.98. The average molecular weight is 234 g/mol. The van der Waals surface area contributed by atoms with Crippen LogP contribution in [0.4, 0.5) is 0 Å². The standard InChI is InChI=1S/C12H14N2O3/c1-3-17-6-7(2)8-4-9-10(5-8)13-14-11(9)12(15)16/h3,6,8H,1,4-5H2,2H3,(H,13,14)(H,15,16)/b7-6+. The number of nitrogens with one attached hydrogen (secondary N) is 1. The van der Waals surface area contributed by atoms with Crippen molar-refractivity contribution in [2.75, 3.05) is 0 Å². The Bertz CT molecular complexity index is 488. The summed E-state index contributed by atoms with van der Waals surface area (Å²) >= 11 is 0. The smallest absolute Gasteiger partial charge is 0.356 e. The Morgan fingerprint density at radius 2 is 2.41 bits per heavy atom. The summed E-state index contributed by atoms with van der Waals surface area (Å²) in [7, 11) is 0. The van der Waals surface area contributed by atoms with Gasteiger partial charge in [-0.25, -0.2) is 4.79 Å². The zero-order valence-electron chi connectivity index (χ0n) is 9.56. The number of hydrogen-bond donors (Lipinski definition) is 2. The van der Waals surface area contributed by atoms with E-state index in [1.807, 2.05) is 6.92 Å². The van der Waals surface area contributed by atoms with E-state index in [4.69, 9.17) is 9.84 Å². The minimum atomic E-state index is -0.980. The summed E-state index contributed by atoms with van der Waals surface area (Å²) in [5, 5.41) is 15.6. The Hall–Kier alpha value is -2.04. The van der Waals surface area contributed by atoms with E-state index in [9.17, 15) is 4.79 Å². The third kappa shape index (κ3) is 2.08. The zero-order chi connectivity index (χ0) is 12.4. The zero-order valence-corrected chi connectivity index (χ0v) is 9.56. The van der Waals surface area contributed by atoms with Gasteiger partial charge < -0.3 is 9.84 Å². The first-order valence-corrected chi connectivity index (χ1v) is 5.36. The summed E-state index contributed by atoms with van der Waals surface area (Å²) in [6.07, 6.45) is 4.48. The van der Waals surface area contributed by atoms with Gasteiger partial charge in [0, 0.05) is 11.3 Å². The summed E-state index contributed by atoms with van der Waals surface area (Å²) in [4.78, 5) is 10.9. The molecule has 5 heteroatoms. The van der Waals surface area contributed by atoms with Gasteiger partial charge in [-0.15, -0.1) is 0 Å². The average Bonchev–Trinajstić information content (AvgIpc) is 2.83. The number of carboxylic acids is 1. The number of carboxylic acid groups (broad SMARTS) is 1. The van der Waals surface area contributed by atoms with Crippen molar-refractivity contribution in [3.05, 3.63) is 41.6 Å². The number of allylic oxidation sites excluding steroid dienone is 1. The minimum absolute atomic E-state index is 0.139. The predicted octanol–water partition coefficient (Wildman–Crippen LogP) is 1.89. The first-order chi connectivity index (χ1) is 8.13. The molecule has 1 heterocycles. The molecule has 1 aliphatic rings. The number of carbonyl (C=O) groups is 1. The normalized spacial score (nSPS) is 18.9. The largest absolute Gasteiger partial charge is 0.476 e. The maximum Gasteiger partial charge on any atom is 0.356 e. The van der Waals surface area contributed by atoms with Crippen LogP contribution in [0.25, 0.3) is 0 Å². The molecule has 1 aromatic rings. The Labute approximate surface area is 98.8 Å². The second-order valence-corrected chi connectivity index (χ2v) is 4.10. The van der Waals surface area contributed by atoms with Crippen molar-refractivity contribution in [2.45, 2.75) is 19.8 Å². The Balaban J connectivity index is 2.16. The van der Waals surface area contributed by atoms with Crippen molar-refractivity contribution < 1.29 is 14.6 Å². The lowest BCUT2D eigenvalue weighted by Crippen LogP contribution is -2.06. The number of aromatic nitrogens is 2. The van der Waals surface area contributed by atoms with Gasteiger partial charge in [0.1, 0.15) is 0 Å². The molecule has 0 amide bonds. The molecule has 2 rings (SSSR count). The molecule has 17 heavy (non-hydrogen) atoms. The van der Waals surface area contributed by atoms with Crippen LogP contribution in [0.2, 0.25) is 0 Å². The van der Waals surface area contributed by atoms with Crippen LogP contribution < -0.4 is 0 Å². The van der Waals surface area contributed by atoms with Gasteiger partial charge in [0.05, 0.1) is 12.5 Å². The highest BCUT2D eigenvalue weighted by Gasteiger charge is 2.30. The van der Waals surface area contributed by atoms with E-state index in [2.05, 4.69) is 16.8 Å². The van der Waals surface area contributed by atoms with E-state index in [0.29, 0.717) is 6.42 Å². The molecule has 2 N–H and O–H groups in total. The first-order valence-electron chi connectivity index (χ1n) is 5.36. The van der Waals surface area contributed by atoms with Crippen LogP contribution in [0.5, 0.6) is 0 Å². The molecule has 0 bridgehead atoms. The molecule has 0 aromatic carbocycles. The summed E-state index contributed by atoms with van der Waals surface area (Å²) in [5.41, 5.74) is 2.94. The predicted molar refractivity (Wildman–Crippen MR) is 61.5 cm³/mol. The number of rotatable bonds is 4. The molecule has 1 unspecified atom stereocenters. The number of aromatic amines is 1. The molecule has 1 atom stereocenters. The van der Waals surface area contributed by atoms with Gasteiger partial charge in [0.2, 0.25) is 0 Å². The van der Waals surface area contributed by atoms with Crippen molar-refractivity contribution in [2.24, 2.45) is 5.92 Å². The van der Waals surface area contributed by atoms with E-state index < -0.39 is 5.97 Å². The van der Waals surface area contributed by atoms with E-state index in [0.717, 1.165) is 23.3 Å². The second kappa shape index (κ2) is 4.45. The fraction of sp³-hybridized carbons (Fsp3) is 0.333. The van der Waals surface area contributed by atoms with Crippen molar-refractivity contribution in [1.29, 1.82) is 0 Å². The van der Waals surface area contributed by atoms with Gasteiger partial charge >= 0.3 is 5.97 Å². The molecular formula is C12H14N2O3. The van der Waals surface area contributed by atoms with Crippen molar-refractivity contribution >= 4 is 5.97 Å². The summed E-state index contributed by atoms with van der Waals surface area (Å²) in [5.74, 6) is -0.704. The van der Waals surface area contributed by atoms with E-state index in [1.54, 1.807) is 6.26 Å². The van der Waals surface area contributed by atoms with Gasteiger partial charge in [-0.05, 0) is 31.3 Å². The molecule has 0 saturated heterocycles. The number of nitrogens with zero attached hydrogens (tertiary/aromatic N) is 1. The molecule has 90 valence electrons. The molecule has 1 aliphatic carbocycles. The Morgan fingerprint density at radius 1 is 1.65 bits per heavy atom. The highest BCUT2D eigenvalue weighted by atomic mass is 16.5. The van der Waals surface area contributed by atoms with Crippen LogP contribution in [-0.4, -0.2) is 21.3 Å². The van der Waals surface area contributed by atoms with Gasteiger partial charge in [0.25, 0.3) is 0 Å². The molecule has 0 radical (unpaired) electrons. The molecule has 0 aliphatic heterocycles. The van der Waals surface area contributed by atoms with Gasteiger partial charge in [-0.1, -0.05) is 6.58 Å². The van der Waals surface area contributed by atoms with Crippen LogP contribution in [0, 0.1) is 5.92 Å². The maximum absolute atomic E-state index is 10.9. The van der Waals surface area contributed by atoms with E-state index in [1.165, 1.54) is 6.26 Å². The quantitative estimate of drug-likeness (QED) is 0.780. The van der Waals surface area contributed by atoms with Crippen molar-refractivity contribution in [1.82, 2.24) is 10.2 Å². The molecule has 1 aromatic heterocycles. The molecule has 0 spiro atoms. The van der Waals surface area contributed by atoms with Gasteiger partial charge in [-0.3, -0.25) is 5.10 Å². The van der Waals surface area contributed by atoms with Crippen LogP contribution >= 0.6 is 0 Å². The fourth-order valence-electron chi connectivity index (χ4n) is 2.11. The number of H-pyrrole nitrogens is 1. The lowest BCUT2D eigenvalue weighted by Gasteiger charge is -2.09. The minimum Gasteiger partial charge on any atom is -0.476 e. The van der Waals surface area contributed by atoms with Crippen LogP contribution in [0.3, 0.4) is 0 Å². The fourth-order valence-corrected chi connectivity index (χ4v) is 2.11. The van der Waals surface area contributed by atoms with Gasteiger partial charge in [0.15, 0.2) is 5.69 Å². The lowest BCUT2D eigenvalue weighted by molar-refractivity contribution is 0.0689. The number of ether oxygens (including phenoxy) is 1. The number of fused-ring (bicyclic) bond motifs is 1. The summed E-state index contributed by atoms with van der Waals surface area (Å²) in [6.45, 7) is 5.43.